The number of aryl methyl sites for hydroxylation is 2. The molecule has 4 rings (SSSR count). The highest BCUT2D eigenvalue weighted by molar-refractivity contribution is 7.98. The van der Waals surface area contributed by atoms with E-state index in [9.17, 15) is 0 Å². The van der Waals surface area contributed by atoms with Crippen LogP contribution in [-0.2, 0) is 18.6 Å². The molecule has 0 bridgehead atoms. The first-order valence-corrected chi connectivity index (χ1v) is 9.64. The minimum atomic E-state index is 0.632. The smallest absolute Gasteiger partial charge is 0.142 e. The standard InChI is InChI=1S/C17H15ClN2S2/c18-16-15-12-8-4-5-9-13(12)22-17(15)20-14(19-16)10-21-11-6-2-1-3-7-11/h1-3,6-7H,4-5,8-10H2. The van der Waals surface area contributed by atoms with E-state index in [1.165, 1.54) is 34.6 Å². The third-order valence-corrected chi connectivity index (χ3v) is 6.40. The zero-order chi connectivity index (χ0) is 14.9. The van der Waals surface area contributed by atoms with E-state index in [0.29, 0.717) is 5.15 Å². The average Bonchev–Trinajstić information content (AvgIpc) is 2.92. The SMILES string of the molecule is Clc1nc(CSc2ccccc2)nc2sc3c(c12)CCCC3. The van der Waals surface area contributed by atoms with Crippen molar-refractivity contribution in [3.05, 3.63) is 51.7 Å². The maximum atomic E-state index is 6.47. The zero-order valence-corrected chi connectivity index (χ0v) is 14.4. The molecule has 2 nitrogen and oxygen atoms in total. The molecular formula is C17H15ClN2S2. The van der Waals surface area contributed by atoms with Crippen LogP contribution in [0.5, 0.6) is 0 Å². The van der Waals surface area contributed by atoms with Gasteiger partial charge in [-0.05, 0) is 43.4 Å². The van der Waals surface area contributed by atoms with Gasteiger partial charge in [0.1, 0.15) is 15.8 Å². The predicted molar refractivity (Wildman–Crippen MR) is 95.1 cm³/mol. The van der Waals surface area contributed by atoms with Crippen molar-refractivity contribution in [3.63, 3.8) is 0 Å². The number of hydrogen-bond donors (Lipinski definition) is 0. The van der Waals surface area contributed by atoms with Crippen LogP contribution in [-0.4, -0.2) is 9.97 Å². The summed E-state index contributed by atoms with van der Waals surface area (Å²) in [7, 11) is 0. The van der Waals surface area contributed by atoms with Crippen molar-refractivity contribution < 1.29 is 0 Å². The van der Waals surface area contributed by atoms with Crippen molar-refractivity contribution in [2.75, 3.05) is 0 Å². The molecule has 5 heteroatoms. The Morgan fingerprint density at radius 2 is 1.91 bits per heavy atom. The second-order valence-electron chi connectivity index (χ2n) is 5.42. The number of fused-ring (bicyclic) bond motifs is 3. The molecule has 0 spiro atoms. The van der Waals surface area contributed by atoms with Gasteiger partial charge in [-0.2, -0.15) is 0 Å². The summed E-state index contributed by atoms with van der Waals surface area (Å²) in [4.78, 5) is 13.1. The topological polar surface area (TPSA) is 25.8 Å². The van der Waals surface area contributed by atoms with Crippen molar-refractivity contribution >= 4 is 44.9 Å². The zero-order valence-electron chi connectivity index (χ0n) is 12.0. The average molecular weight is 347 g/mol. The fourth-order valence-electron chi connectivity index (χ4n) is 2.88. The van der Waals surface area contributed by atoms with E-state index in [0.717, 1.165) is 28.2 Å². The normalized spacial score (nSPS) is 14.2. The highest BCUT2D eigenvalue weighted by Crippen LogP contribution is 2.38. The molecule has 0 saturated carbocycles. The van der Waals surface area contributed by atoms with Crippen molar-refractivity contribution in [1.82, 2.24) is 9.97 Å². The van der Waals surface area contributed by atoms with Crippen molar-refractivity contribution in [2.45, 2.75) is 36.3 Å². The predicted octanol–water partition coefficient (Wildman–Crippen LogP) is 5.52. The van der Waals surface area contributed by atoms with Crippen LogP contribution in [0.2, 0.25) is 5.15 Å². The Kier molecular flexibility index (Phi) is 4.07. The quantitative estimate of drug-likeness (QED) is 0.461. The van der Waals surface area contributed by atoms with Crippen molar-refractivity contribution in [1.29, 1.82) is 0 Å². The van der Waals surface area contributed by atoms with Crippen LogP contribution < -0.4 is 0 Å². The molecule has 2 aromatic heterocycles. The lowest BCUT2D eigenvalue weighted by atomic mass is 9.97. The summed E-state index contributed by atoms with van der Waals surface area (Å²) in [5.41, 5.74) is 1.40. The third-order valence-electron chi connectivity index (χ3n) is 3.93. The number of halogens is 1. The van der Waals surface area contributed by atoms with Gasteiger partial charge in [0.25, 0.3) is 0 Å². The molecule has 22 heavy (non-hydrogen) atoms. The molecule has 2 heterocycles. The number of thiophene rings is 1. The van der Waals surface area contributed by atoms with E-state index in [2.05, 4.69) is 17.1 Å². The van der Waals surface area contributed by atoms with E-state index in [1.807, 2.05) is 18.2 Å². The van der Waals surface area contributed by atoms with Crippen molar-refractivity contribution in [2.24, 2.45) is 0 Å². The Morgan fingerprint density at radius 1 is 1.09 bits per heavy atom. The van der Waals surface area contributed by atoms with Crippen LogP contribution in [0.1, 0.15) is 29.1 Å². The monoisotopic (exact) mass is 346 g/mol. The second kappa shape index (κ2) is 6.19. The fraction of sp³-hybridized carbons (Fsp3) is 0.294. The Balaban J connectivity index is 1.65. The molecule has 0 atom stereocenters. The Labute approximate surface area is 142 Å². The molecule has 0 N–H and O–H groups in total. The fourth-order valence-corrected chi connectivity index (χ4v) is 5.30. The van der Waals surface area contributed by atoms with Crippen LogP contribution in [0, 0.1) is 0 Å². The van der Waals surface area contributed by atoms with Crippen LogP contribution in [0.3, 0.4) is 0 Å². The number of hydrogen-bond acceptors (Lipinski definition) is 4. The van der Waals surface area contributed by atoms with Gasteiger partial charge >= 0.3 is 0 Å². The van der Waals surface area contributed by atoms with Crippen LogP contribution >= 0.6 is 34.7 Å². The lowest BCUT2D eigenvalue weighted by Crippen LogP contribution is -1.99. The van der Waals surface area contributed by atoms with E-state index in [1.54, 1.807) is 23.1 Å². The van der Waals surface area contributed by atoms with Gasteiger partial charge in [-0.15, -0.1) is 23.1 Å². The summed E-state index contributed by atoms with van der Waals surface area (Å²) in [6.45, 7) is 0. The summed E-state index contributed by atoms with van der Waals surface area (Å²) in [5.74, 6) is 1.58. The highest BCUT2D eigenvalue weighted by atomic mass is 35.5. The molecular weight excluding hydrogens is 332 g/mol. The maximum absolute atomic E-state index is 6.47. The van der Waals surface area contributed by atoms with E-state index in [-0.39, 0.29) is 0 Å². The molecule has 1 aliphatic rings. The summed E-state index contributed by atoms with van der Waals surface area (Å²) in [6.07, 6.45) is 4.82. The summed E-state index contributed by atoms with van der Waals surface area (Å²) < 4.78 is 0. The molecule has 1 aliphatic carbocycles. The molecule has 0 unspecified atom stereocenters. The first-order chi connectivity index (χ1) is 10.8. The number of aromatic nitrogens is 2. The van der Waals surface area contributed by atoms with Crippen LogP contribution in [0.4, 0.5) is 0 Å². The molecule has 0 saturated heterocycles. The number of thioether (sulfide) groups is 1. The van der Waals surface area contributed by atoms with Gasteiger partial charge in [-0.25, -0.2) is 9.97 Å². The minimum Gasteiger partial charge on any atom is -0.221 e. The highest BCUT2D eigenvalue weighted by Gasteiger charge is 2.20. The van der Waals surface area contributed by atoms with Gasteiger partial charge < -0.3 is 0 Å². The first-order valence-electron chi connectivity index (χ1n) is 7.46. The van der Waals surface area contributed by atoms with Gasteiger partial charge in [0.15, 0.2) is 0 Å². The van der Waals surface area contributed by atoms with Gasteiger partial charge in [0.05, 0.1) is 11.1 Å². The minimum absolute atomic E-state index is 0.632. The van der Waals surface area contributed by atoms with E-state index < -0.39 is 0 Å². The Morgan fingerprint density at radius 3 is 2.77 bits per heavy atom. The summed E-state index contributed by atoms with van der Waals surface area (Å²) in [6, 6.07) is 10.3. The first kappa shape index (κ1) is 14.5. The molecule has 0 fully saturated rings. The van der Waals surface area contributed by atoms with E-state index in [4.69, 9.17) is 16.6 Å². The van der Waals surface area contributed by atoms with Gasteiger partial charge in [0, 0.05) is 9.77 Å². The van der Waals surface area contributed by atoms with Crippen molar-refractivity contribution in [3.8, 4) is 0 Å². The number of rotatable bonds is 3. The summed E-state index contributed by atoms with van der Waals surface area (Å²) in [5, 5.41) is 1.74. The molecule has 112 valence electrons. The Hall–Kier alpha value is -1.10. The maximum Gasteiger partial charge on any atom is 0.142 e. The van der Waals surface area contributed by atoms with Crippen LogP contribution in [0.25, 0.3) is 10.2 Å². The Bertz CT molecular complexity index is 814. The van der Waals surface area contributed by atoms with Gasteiger partial charge in [0.2, 0.25) is 0 Å². The second-order valence-corrected chi connectivity index (χ2v) is 7.91. The van der Waals surface area contributed by atoms with Gasteiger partial charge in [-0.1, -0.05) is 29.8 Å². The summed E-state index contributed by atoms with van der Waals surface area (Å²) >= 11 is 10.0. The van der Waals surface area contributed by atoms with Gasteiger partial charge in [-0.3, -0.25) is 0 Å². The lowest BCUT2D eigenvalue weighted by Gasteiger charge is -2.10. The third kappa shape index (κ3) is 2.75. The molecule has 0 aliphatic heterocycles. The number of nitrogens with zero attached hydrogens (tertiary/aromatic N) is 2. The lowest BCUT2D eigenvalue weighted by molar-refractivity contribution is 0.700. The number of benzene rings is 1. The van der Waals surface area contributed by atoms with Crippen LogP contribution in [0.15, 0.2) is 35.2 Å². The molecule has 0 radical (unpaired) electrons. The molecule has 0 amide bonds. The molecule has 3 aromatic rings. The largest absolute Gasteiger partial charge is 0.221 e. The van der Waals surface area contributed by atoms with E-state index >= 15 is 0 Å². The molecule has 1 aromatic carbocycles.